The SMILES string of the molecule is O=C(O)[C@H]1CCCN1C(=O)CN1CCN(Cc2ccccc2)CC1. The summed E-state index contributed by atoms with van der Waals surface area (Å²) in [6.45, 7) is 5.42. The zero-order valence-corrected chi connectivity index (χ0v) is 13.9. The van der Waals surface area contributed by atoms with Crippen molar-refractivity contribution in [2.24, 2.45) is 0 Å². The predicted molar refractivity (Wildman–Crippen MR) is 90.5 cm³/mol. The van der Waals surface area contributed by atoms with Crippen LogP contribution in [0.3, 0.4) is 0 Å². The molecule has 0 bridgehead atoms. The molecule has 24 heavy (non-hydrogen) atoms. The highest BCUT2D eigenvalue weighted by atomic mass is 16.4. The highest BCUT2D eigenvalue weighted by Crippen LogP contribution is 2.18. The van der Waals surface area contributed by atoms with Gasteiger partial charge in [0, 0.05) is 39.3 Å². The van der Waals surface area contributed by atoms with E-state index in [1.165, 1.54) is 5.56 Å². The number of amides is 1. The molecule has 3 rings (SSSR count). The van der Waals surface area contributed by atoms with Crippen LogP contribution in [0, 0.1) is 0 Å². The summed E-state index contributed by atoms with van der Waals surface area (Å²) in [5.41, 5.74) is 1.31. The lowest BCUT2D eigenvalue weighted by Gasteiger charge is -2.35. The standard InChI is InChI=1S/C18H25N3O3/c22-17(21-8-4-7-16(21)18(23)24)14-20-11-9-19(10-12-20)13-15-5-2-1-3-6-15/h1-3,5-6,16H,4,7-14H2,(H,23,24)/t16-/m1/s1. The molecule has 2 saturated heterocycles. The first-order valence-electron chi connectivity index (χ1n) is 8.64. The number of nitrogens with zero attached hydrogens (tertiary/aromatic N) is 3. The third kappa shape index (κ3) is 4.13. The first-order chi connectivity index (χ1) is 11.6. The van der Waals surface area contributed by atoms with E-state index >= 15 is 0 Å². The van der Waals surface area contributed by atoms with Crippen molar-refractivity contribution in [3.8, 4) is 0 Å². The summed E-state index contributed by atoms with van der Waals surface area (Å²) in [6.07, 6.45) is 1.36. The monoisotopic (exact) mass is 331 g/mol. The molecule has 0 saturated carbocycles. The van der Waals surface area contributed by atoms with Crippen LogP contribution in [0.4, 0.5) is 0 Å². The largest absolute Gasteiger partial charge is 0.480 e. The number of aliphatic carboxylic acids is 1. The van der Waals surface area contributed by atoms with E-state index in [0.29, 0.717) is 19.5 Å². The normalized spacial score (nSPS) is 22.7. The fraction of sp³-hybridized carbons (Fsp3) is 0.556. The second-order valence-corrected chi connectivity index (χ2v) is 6.62. The molecule has 0 aliphatic carbocycles. The third-order valence-corrected chi connectivity index (χ3v) is 4.93. The molecule has 1 atom stereocenters. The minimum absolute atomic E-state index is 0.0450. The first-order valence-corrected chi connectivity index (χ1v) is 8.64. The molecule has 0 spiro atoms. The van der Waals surface area contributed by atoms with Gasteiger partial charge >= 0.3 is 5.97 Å². The number of carbonyl (C=O) groups is 2. The van der Waals surface area contributed by atoms with Crippen molar-refractivity contribution in [1.29, 1.82) is 0 Å². The molecular formula is C18H25N3O3. The maximum atomic E-state index is 12.4. The van der Waals surface area contributed by atoms with Crippen LogP contribution < -0.4 is 0 Å². The Labute approximate surface area is 142 Å². The molecule has 1 aromatic rings. The van der Waals surface area contributed by atoms with Crippen molar-refractivity contribution in [3.05, 3.63) is 35.9 Å². The fourth-order valence-electron chi connectivity index (χ4n) is 3.55. The third-order valence-electron chi connectivity index (χ3n) is 4.93. The zero-order valence-electron chi connectivity index (χ0n) is 13.9. The molecule has 1 aromatic carbocycles. The van der Waals surface area contributed by atoms with Gasteiger partial charge in [-0.1, -0.05) is 30.3 Å². The summed E-state index contributed by atoms with van der Waals surface area (Å²) in [7, 11) is 0. The van der Waals surface area contributed by atoms with E-state index in [1.807, 2.05) is 6.07 Å². The van der Waals surface area contributed by atoms with E-state index in [2.05, 4.69) is 34.1 Å². The number of likely N-dealkylation sites (tertiary alicyclic amines) is 1. The molecule has 6 heteroatoms. The smallest absolute Gasteiger partial charge is 0.326 e. The summed E-state index contributed by atoms with van der Waals surface area (Å²) >= 11 is 0. The summed E-state index contributed by atoms with van der Waals surface area (Å²) < 4.78 is 0. The molecule has 2 heterocycles. The summed E-state index contributed by atoms with van der Waals surface area (Å²) in [5.74, 6) is -0.926. The minimum atomic E-state index is -0.881. The van der Waals surface area contributed by atoms with Crippen LogP contribution in [0.15, 0.2) is 30.3 Å². The molecule has 2 fully saturated rings. The number of carboxylic acids is 1. The molecule has 130 valence electrons. The minimum Gasteiger partial charge on any atom is -0.480 e. The first kappa shape index (κ1) is 16.9. The second kappa shape index (κ2) is 7.77. The van der Waals surface area contributed by atoms with Crippen molar-refractivity contribution < 1.29 is 14.7 Å². The number of hydrogen-bond acceptors (Lipinski definition) is 4. The molecule has 0 aromatic heterocycles. The van der Waals surface area contributed by atoms with Crippen molar-refractivity contribution in [2.45, 2.75) is 25.4 Å². The Kier molecular flexibility index (Phi) is 5.48. The van der Waals surface area contributed by atoms with Crippen LogP contribution in [0.2, 0.25) is 0 Å². The number of carboxylic acid groups (broad SMARTS) is 1. The van der Waals surface area contributed by atoms with Gasteiger partial charge in [0.1, 0.15) is 6.04 Å². The lowest BCUT2D eigenvalue weighted by atomic mass is 10.2. The van der Waals surface area contributed by atoms with Crippen molar-refractivity contribution in [2.75, 3.05) is 39.3 Å². The van der Waals surface area contributed by atoms with Crippen LogP contribution in [-0.2, 0) is 16.1 Å². The molecule has 1 amide bonds. The number of carbonyl (C=O) groups excluding carboxylic acids is 1. The Bertz CT molecular complexity index is 570. The van der Waals surface area contributed by atoms with Gasteiger partial charge in [0.15, 0.2) is 0 Å². The van der Waals surface area contributed by atoms with E-state index in [1.54, 1.807) is 4.90 Å². The summed E-state index contributed by atoms with van der Waals surface area (Å²) in [4.78, 5) is 29.7. The number of rotatable bonds is 5. The predicted octanol–water partition coefficient (Wildman–Crippen LogP) is 0.880. The van der Waals surface area contributed by atoms with Crippen molar-refractivity contribution in [1.82, 2.24) is 14.7 Å². The van der Waals surface area contributed by atoms with E-state index in [4.69, 9.17) is 0 Å². The van der Waals surface area contributed by atoms with E-state index in [9.17, 15) is 14.7 Å². The molecule has 2 aliphatic rings. The maximum Gasteiger partial charge on any atom is 0.326 e. The van der Waals surface area contributed by atoms with Crippen molar-refractivity contribution in [3.63, 3.8) is 0 Å². The highest BCUT2D eigenvalue weighted by Gasteiger charge is 2.34. The number of benzene rings is 1. The summed E-state index contributed by atoms with van der Waals surface area (Å²) in [5, 5.41) is 9.20. The molecule has 2 aliphatic heterocycles. The maximum absolute atomic E-state index is 12.4. The summed E-state index contributed by atoms with van der Waals surface area (Å²) in [6, 6.07) is 9.77. The van der Waals surface area contributed by atoms with E-state index in [-0.39, 0.29) is 5.91 Å². The van der Waals surface area contributed by atoms with Crippen LogP contribution in [-0.4, -0.2) is 77.0 Å². The van der Waals surface area contributed by atoms with Gasteiger partial charge in [0.05, 0.1) is 6.54 Å². The Morgan fingerprint density at radius 1 is 1.00 bits per heavy atom. The molecule has 6 nitrogen and oxygen atoms in total. The lowest BCUT2D eigenvalue weighted by Crippen LogP contribution is -2.51. The Hall–Kier alpha value is -1.92. The van der Waals surface area contributed by atoms with Gasteiger partial charge in [-0.3, -0.25) is 14.6 Å². The second-order valence-electron chi connectivity index (χ2n) is 6.62. The molecular weight excluding hydrogens is 306 g/mol. The fourth-order valence-corrected chi connectivity index (χ4v) is 3.55. The number of piperazine rings is 1. The van der Waals surface area contributed by atoms with Gasteiger partial charge < -0.3 is 10.0 Å². The van der Waals surface area contributed by atoms with E-state index in [0.717, 1.165) is 39.1 Å². The van der Waals surface area contributed by atoms with Gasteiger partial charge in [-0.2, -0.15) is 0 Å². The van der Waals surface area contributed by atoms with Gasteiger partial charge in [0.25, 0.3) is 0 Å². The van der Waals surface area contributed by atoms with Crippen LogP contribution in [0.1, 0.15) is 18.4 Å². The lowest BCUT2D eigenvalue weighted by molar-refractivity contribution is -0.148. The Morgan fingerprint density at radius 2 is 1.67 bits per heavy atom. The van der Waals surface area contributed by atoms with Gasteiger partial charge in [-0.05, 0) is 18.4 Å². The van der Waals surface area contributed by atoms with Crippen LogP contribution in [0.25, 0.3) is 0 Å². The topological polar surface area (TPSA) is 64.1 Å². The molecule has 0 radical (unpaired) electrons. The van der Waals surface area contributed by atoms with Crippen molar-refractivity contribution >= 4 is 11.9 Å². The van der Waals surface area contributed by atoms with Crippen LogP contribution >= 0.6 is 0 Å². The van der Waals surface area contributed by atoms with Gasteiger partial charge in [-0.15, -0.1) is 0 Å². The zero-order chi connectivity index (χ0) is 16.9. The number of hydrogen-bond donors (Lipinski definition) is 1. The van der Waals surface area contributed by atoms with Crippen LogP contribution in [0.5, 0.6) is 0 Å². The molecule has 0 unspecified atom stereocenters. The molecule has 1 N–H and O–H groups in total. The van der Waals surface area contributed by atoms with Gasteiger partial charge in [0.2, 0.25) is 5.91 Å². The quantitative estimate of drug-likeness (QED) is 0.868. The Morgan fingerprint density at radius 3 is 2.33 bits per heavy atom. The Balaban J connectivity index is 1.45. The van der Waals surface area contributed by atoms with E-state index < -0.39 is 12.0 Å². The highest BCUT2D eigenvalue weighted by molar-refractivity contribution is 5.85. The average Bonchev–Trinajstić information content (AvgIpc) is 3.08. The average molecular weight is 331 g/mol. The van der Waals surface area contributed by atoms with Gasteiger partial charge in [-0.25, -0.2) is 4.79 Å².